The molecule has 1 aliphatic rings. The summed E-state index contributed by atoms with van der Waals surface area (Å²) in [4.78, 5) is 26.7. The van der Waals surface area contributed by atoms with E-state index < -0.39 is 0 Å². The molecule has 0 bridgehead atoms. The van der Waals surface area contributed by atoms with Crippen molar-refractivity contribution >= 4 is 23.6 Å². The molecule has 0 fully saturated rings. The first kappa shape index (κ1) is 19.6. The number of nitrogens with zero attached hydrogens (tertiary/aromatic N) is 1. The first-order valence-electron chi connectivity index (χ1n) is 10.0. The van der Waals surface area contributed by atoms with Crippen molar-refractivity contribution in [1.82, 2.24) is 4.90 Å². The zero-order chi connectivity index (χ0) is 21.1. The highest BCUT2D eigenvalue weighted by Crippen LogP contribution is 2.33. The van der Waals surface area contributed by atoms with E-state index in [-0.39, 0.29) is 24.3 Å². The average Bonchev–Trinajstić information content (AvgIpc) is 2.76. The number of aryl methyl sites for hydroxylation is 1. The van der Waals surface area contributed by atoms with Crippen molar-refractivity contribution in [2.45, 2.75) is 26.3 Å². The molecular weight excluding hydrogens is 372 g/mol. The van der Waals surface area contributed by atoms with Crippen LogP contribution in [0.2, 0.25) is 0 Å². The zero-order valence-electron chi connectivity index (χ0n) is 17.1. The van der Waals surface area contributed by atoms with Crippen molar-refractivity contribution in [3.63, 3.8) is 0 Å². The van der Waals surface area contributed by atoms with Gasteiger partial charge in [0.15, 0.2) is 0 Å². The topological polar surface area (TPSA) is 49.4 Å². The second-order valence-electron chi connectivity index (χ2n) is 7.53. The molecule has 30 heavy (non-hydrogen) atoms. The van der Waals surface area contributed by atoms with Crippen molar-refractivity contribution in [2.75, 3.05) is 5.32 Å². The molecule has 150 valence electrons. The summed E-state index contributed by atoms with van der Waals surface area (Å²) in [5, 5.41) is 3.03. The van der Waals surface area contributed by atoms with E-state index in [0.29, 0.717) is 0 Å². The molecule has 3 aromatic carbocycles. The lowest BCUT2D eigenvalue weighted by molar-refractivity contribution is -0.129. The molecule has 4 heteroatoms. The second kappa shape index (κ2) is 8.37. The van der Waals surface area contributed by atoms with Gasteiger partial charge in [0.05, 0.1) is 12.5 Å². The summed E-state index contributed by atoms with van der Waals surface area (Å²) in [6.45, 7) is 3.51. The standard InChI is InChI=1S/C26H24N2O2/c1-18-16-22(20-8-4-3-5-9-20)12-13-24(18)27-26(30)17-25-23-11-7-6-10-21(23)14-15-28(25)19(2)29/h3-16,25H,17H2,1-2H3,(H,27,30)/t25-/m0/s1. The van der Waals surface area contributed by atoms with Crippen LogP contribution in [0.25, 0.3) is 17.2 Å². The van der Waals surface area contributed by atoms with Crippen LogP contribution in [0, 0.1) is 6.92 Å². The molecule has 0 radical (unpaired) electrons. The monoisotopic (exact) mass is 396 g/mol. The third kappa shape index (κ3) is 4.03. The maximum absolute atomic E-state index is 12.9. The molecule has 0 saturated heterocycles. The largest absolute Gasteiger partial charge is 0.326 e. The fourth-order valence-electron chi connectivity index (χ4n) is 3.90. The fraction of sp³-hybridized carbons (Fsp3) is 0.154. The van der Waals surface area contributed by atoms with Crippen LogP contribution >= 0.6 is 0 Å². The lowest BCUT2D eigenvalue weighted by Crippen LogP contribution is -2.33. The summed E-state index contributed by atoms with van der Waals surface area (Å²) in [7, 11) is 0. The van der Waals surface area contributed by atoms with E-state index in [1.165, 1.54) is 6.92 Å². The number of amides is 2. The van der Waals surface area contributed by atoms with Gasteiger partial charge in [0.2, 0.25) is 11.8 Å². The van der Waals surface area contributed by atoms with Crippen molar-refractivity contribution in [1.29, 1.82) is 0 Å². The summed E-state index contributed by atoms with van der Waals surface area (Å²) in [6, 6.07) is 23.7. The minimum atomic E-state index is -0.312. The summed E-state index contributed by atoms with van der Waals surface area (Å²) in [5.74, 6) is -0.200. The van der Waals surface area contributed by atoms with Gasteiger partial charge in [0.25, 0.3) is 0 Å². The molecule has 0 spiro atoms. The van der Waals surface area contributed by atoms with Crippen LogP contribution in [0.3, 0.4) is 0 Å². The van der Waals surface area contributed by atoms with Gasteiger partial charge in [-0.05, 0) is 52.9 Å². The highest BCUT2D eigenvalue weighted by Gasteiger charge is 2.28. The third-order valence-electron chi connectivity index (χ3n) is 5.46. The summed E-state index contributed by atoms with van der Waals surface area (Å²) in [5.41, 5.74) is 6.06. The van der Waals surface area contributed by atoms with Gasteiger partial charge in [-0.3, -0.25) is 9.59 Å². The van der Waals surface area contributed by atoms with E-state index in [2.05, 4.69) is 23.5 Å². The van der Waals surface area contributed by atoms with E-state index in [9.17, 15) is 9.59 Å². The Hall–Kier alpha value is -3.66. The van der Waals surface area contributed by atoms with E-state index in [4.69, 9.17) is 0 Å². The average molecular weight is 396 g/mol. The fourth-order valence-corrected chi connectivity index (χ4v) is 3.90. The molecule has 1 heterocycles. The molecule has 4 nitrogen and oxygen atoms in total. The van der Waals surface area contributed by atoms with Gasteiger partial charge >= 0.3 is 0 Å². The second-order valence-corrected chi connectivity index (χ2v) is 7.53. The highest BCUT2D eigenvalue weighted by molar-refractivity contribution is 5.93. The molecule has 0 unspecified atom stereocenters. The van der Waals surface area contributed by atoms with E-state index in [0.717, 1.165) is 33.5 Å². The summed E-state index contributed by atoms with van der Waals surface area (Å²) in [6.07, 6.45) is 3.88. The number of benzene rings is 3. The van der Waals surface area contributed by atoms with Crippen molar-refractivity contribution in [3.8, 4) is 11.1 Å². The first-order chi connectivity index (χ1) is 14.5. The van der Waals surface area contributed by atoms with E-state index in [1.54, 1.807) is 11.1 Å². The van der Waals surface area contributed by atoms with Crippen LogP contribution < -0.4 is 5.32 Å². The lowest BCUT2D eigenvalue weighted by atomic mass is 9.93. The number of carbonyl (C=O) groups is 2. The minimum absolute atomic E-state index is 0.0815. The lowest BCUT2D eigenvalue weighted by Gasteiger charge is -2.32. The minimum Gasteiger partial charge on any atom is -0.326 e. The van der Waals surface area contributed by atoms with Gasteiger partial charge < -0.3 is 10.2 Å². The molecule has 2 amide bonds. The Balaban J connectivity index is 1.53. The number of nitrogens with one attached hydrogen (secondary N) is 1. The zero-order valence-corrected chi connectivity index (χ0v) is 17.1. The van der Waals surface area contributed by atoms with Gasteiger partial charge in [-0.1, -0.05) is 60.7 Å². The number of rotatable bonds is 4. The van der Waals surface area contributed by atoms with Crippen LogP contribution in [0.1, 0.15) is 36.1 Å². The predicted molar refractivity (Wildman–Crippen MR) is 121 cm³/mol. The van der Waals surface area contributed by atoms with Gasteiger partial charge in [0.1, 0.15) is 0 Å². The van der Waals surface area contributed by atoms with Gasteiger partial charge in [0, 0.05) is 18.8 Å². The summed E-state index contributed by atoms with van der Waals surface area (Å²) < 4.78 is 0. The number of hydrogen-bond donors (Lipinski definition) is 1. The Kier molecular flexibility index (Phi) is 5.48. The Morgan fingerprint density at radius 1 is 0.933 bits per heavy atom. The number of anilines is 1. The maximum Gasteiger partial charge on any atom is 0.226 e. The molecule has 1 aliphatic heterocycles. The van der Waals surface area contributed by atoms with E-state index >= 15 is 0 Å². The quantitative estimate of drug-likeness (QED) is 0.627. The van der Waals surface area contributed by atoms with Crippen LogP contribution in [-0.4, -0.2) is 16.7 Å². The Labute approximate surface area is 176 Å². The third-order valence-corrected chi connectivity index (χ3v) is 5.46. The van der Waals surface area contributed by atoms with E-state index in [1.807, 2.05) is 67.6 Å². The molecule has 3 aromatic rings. The molecule has 1 N–H and O–H groups in total. The Morgan fingerprint density at radius 3 is 2.40 bits per heavy atom. The van der Waals surface area contributed by atoms with Gasteiger partial charge in [-0.25, -0.2) is 0 Å². The molecule has 4 rings (SSSR count). The Morgan fingerprint density at radius 2 is 1.67 bits per heavy atom. The smallest absolute Gasteiger partial charge is 0.226 e. The maximum atomic E-state index is 12.9. The van der Waals surface area contributed by atoms with Crippen LogP contribution in [0.15, 0.2) is 79.0 Å². The molecule has 0 aromatic heterocycles. The van der Waals surface area contributed by atoms with Crippen molar-refractivity contribution in [2.24, 2.45) is 0 Å². The number of hydrogen-bond acceptors (Lipinski definition) is 2. The molecule has 0 saturated carbocycles. The van der Waals surface area contributed by atoms with Gasteiger partial charge in [-0.15, -0.1) is 0 Å². The number of carbonyl (C=O) groups excluding carboxylic acids is 2. The van der Waals surface area contributed by atoms with Crippen LogP contribution in [-0.2, 0) is 9.59 Å². The molecule has 1 atom stereocenters. The highest BCUT2D eigenvalue weighted by atomic mass is 16.2. The Bertz CT molecular complexity index is 1120. The SMILES string of the molecule is CC(=O)N1C=Cc2ccccc2[C@@H]1CC(=O)Nc1ccc(-c2ccccc2)cc1C. The summed E-state index contributed by atoms with van der Waals surface area (Å²) >= 11 is 0. The first-order valence-corrected chi connectivity index (χ1v) is 10.0. The van der Waals surface area contributed by atoms with Gasteiger partial charge in [-0.2, -0.15) is 0 Å². The normalized spacial score (nSPS) is 14.9. The number of fused-ring (bicyclic) bond motifs is 1. The predicted octanol–water partition coefficient (Wildman–Crippen LogP) is 5.56. The van der Waals surface area contributed by atoms with Crippen LogP contribution in [0.4, 0.5) is 5.69 Å². The van der Waals surface area contributed by atoms with Crippen molar-refractivity contribution in [3.05, 3.63) is 95.7 Å². The van der Waals surface area contributed by atoms with Crippen molar-refractivity contribution < 1.29 is 9.59 Å². The molecule has 0 aliphatic carbocycles. The molecular formula is C26H24N2O2. The van der Waals surface area contributed by atoms with Crippen LogP contribution in [0.5, 0.6) is 0 Å².